The number of nitrogens with zero attached hydrogens (tertiary/aromatic N) is 4. The van der Waals surface area contributed by atoms with Crippen LogP contribution >= 0.6 is 11.6 Å². The molecule has 32 heavy (non-hydrogen) atoms. The fraction of sp³-hybridized carbons (Fsp3) is 0.500. The number of piperazine rings is 1. The first-order chi connectivity index (χ1) is 15.5. The molecule has 1 aliphatic heterocycles. The molecular weight excluding hydrogens is 428 g/mol. The molecule has 0 N–H and O–H groups in total. The molecule has 2 aliphatic rings. The third-order valence-electron chi connectivity index (χ3n) is 6.27. The lowest BCUT2D eigenvalue weighted by atomic mass is 9.84. The van der Waals surface area contributed by atoms with Gasteiger partial charge in [-0.25, -0.2) is 4.79 Å². The maximum atomic E-state index is 13.1. The topological polar surface area (TPSA) is 86.5 Å². The monoisotopic (exact) mass is 454 g/mol. The van der Waals surface area contributed by atoms with E-state index in [1.807, 2.05) is 19.1 Å². The van der Waals surface area contributed by atoms with Crippen molar-refractivity contribution < 1.29 is 14.3 Å². The average Bonchev–Trinajstić information content (AvgIpc) is 2.82. The summed E-state index contributed by atoms with van der Waals surface area (Å²) in [5.41, 5.74) is 3.30. The largest absolute Gasteiger partial charge is 0.449 e. The minimum atomic E-state index is -0.315. The standard InChI is InChI=1S/C24H27ClN4O3/c1-2-13-32-24(31)29-11-9-28(10-12-29)23(30)17-4-5-18-21(15-17)27-20-6-3-16(7-8-26)14-19(20)22(18)25/h4-5,15-16H,2-3,6-7,9-14H2,1H3. The van der Waals surface area contributed by atoms with Crippen molar-refractivity contribution in [2.75, 3.05) is 32.8 Å². The van der Waals surface area contributed by atoms with Crippen LogP contribution in [0.5, 0.6) is 0 Å². The molecule has 1 saturated heterocycles. The molecular formula is C24H27ClN4O3. The van der Waals surface area contributed by atoms with Crippen molar-refractivity contribution in [2.45, 2.75) is 39.0 Å². The van der Waals surface area contributed by atoms with Gasteiger partial charge in [0.1, 0.15) is 0 Å². The van der Waals surface area contributed by atoms with Crippen LogP contribution in [0, 0.1) is 17.2 Å². The first-order valence-electron chi connectivity index (χ1n) is 11.2. The second kappa shape index (κ2) is 9.74. The number of aryl methyl sites for hydroxylation is 1. The van der Waals surface area contributed by atoms with Gasteiger partial charge in [0.2, 0.25) is 0 Å². The molecule has 2 heterocycles. The van der Waals surface area contributed by atoms with Gasteiger partial charge in [0, 0.05) is 49.2 Å². The summed E-state index contributed by atoms with van der Waals surface area (Å²) in [6, 6.07) is 7.73. The molecule has 0 saturated carbocycles. The zero-order valence-corrected chi connectivity index (χ0v) is 19.0. The minimum Gasteiger partial charge on any atom is -0.449 e. The Morgan fingerprint density at radius 2 is 2.00 bits per heavy atom. The lowest BCUT2D eigenvalue weighted by Crippen LogP contribution is -2.50. The van der Waals surface area contributed by atoms with Gasteiger partial charge in [-0.15, -0.1) is 0 Å². The fourth-order valence-corrected chi connectivity index (χ4v) is 4.80. The van der Waals surface area contributed by atoms with Gasteiger partial charge in [0.25, 0.3) is 5.91 Å². The Morgan fingerprint density at radius 3 is 2.72 bits per heavy atom. The van der Waals surface area contributed by atoms with E-state index in [-0.39, 0.29) is 12.0 Å². The second-order valence-corrected chi connectivity index (χ2v) is 8.83. The zero-order chi connectivity index (χ0) is 22.7. The Labute approximate surface area is 192 Å². The molecule has 2 amide bonds. The zero-order valence-electron chi connectivity index (χ0n) is 18.3. The van der Waals surface area contributed by atoms with Crippen molar-refractivity contribution in [3.05, 3.63) is 40.0 Å². The van der Waals surface area contributed by atoms with E-state index >= 15 is 0 Å². The van der Waals surface area contributed by atoms with Gasteiger partial charge in [-0.2, -0.15) is 5.26 Å². The van der Waals surface area contributed by atoms with Gasteiger partial charge in [-0.1, -0.05) is 24.6 Å². The SMILES string of the molecule is CCCOC(=O)N1CCN(C(=O)c2ccc3c(Cl)c4c(nc3c2)CCC(CC#N)C4)CC1. The molecule has 168 valence electrons. The number of aromatic nitrogens is 1. The van der Waals surface area contributed by atoms with Gasteiger partial charge in [0.15, 0.2) is 0 Å². The predicted molar refractivity (Wildman–Crippen MR) is 122 cm³/mol. The van der Waals surface area contributed by atoms with Gasteiger partial charge < -0.3 is 14.5 Å². The van der Waals surface area contributed by atoms with Crippen LogP contribution in [0.4, 0.5) is 4.79 Å². The molecule has 1 aliphatic carbocycles. The average molecular weight is 455 g/mol. The number of halogens is 1. The molecule has 1 aromatic heterocycles. The van der Waals surface area contributed by atoms with E-state index < -0.39 is 0 Å². The third kappa shape index (κ3) is 4.51. The molecule has 1 atom stereocenters. The summed E-state index contributed by atoms with van der Waals surface area (Å²) in [4.78, 5) is 33.3. The maximum Gasteiger partial charge on any atom is 0.409 e. The van der Waals surface area contributed by atoms with E-state index in [0.717, 1.165) is 47.8 Å². The molecule has 1 unspecified atom stereocenters. The number of hydrogen-bond donors (Lipinski definition) is 0. The van der Waals surface area contributed by atoms with Crippen molar-refractivity contribution in [1.82, 2.24) is 14.8 Å². The van der Waals surface area contributed by atoms with Gasteiger partial charge in [-0.05, 0) is 49.3 Å². The predicted octanol–water partition coefficient (Wildman–Crippen LogP) is 4.21. The molecule has 0 spiro atoms. The molecule has 7 nitrogen and oxygen atoms in total. The number of amides is 2. The van der Waals surface area contributed by atoms with Crippen LogP contribution in [0.1, 0.15) is 47.8 Å². The van der Waals surface area contributed by atoms with Crippen LogP contribution in [0.25, 0.3) is 10.9 Å². The van der Waals surface area contributed by atoms with Crippen molar-refractivity contribution in [3.8, 4) is 6.07 Å². The highest BCUT2D eigenvalue weighted by molar-refractivity contribution is 6.36. The quantitative estimate of drug-likeness (QED) is 0.690. The van der Waals surface area contributed by atoms with Crippen molar-refractivity contribution in [3.63, 3.8) is 0 Å². The van der Waals surface area contributed by atoms with Crippen LogP contribution in [0.2, 0.25) is 5.02 Å². The lowest BCUT2D eigenvalue weighted by Gasteiger charge is -2.34. The van der Waals surface area contributed by atoms with E-state index in [1.165, 1.54) is 0 Å². The highest BCUT2D eigenvalue weighted by Gasteiger charge is 2.27. The maximum absolute atomic E-state index is 13.1. The summed E-state index contributed by atoms with van der Waals surface area (Å²) in [5.74, 6) is 0.251. The summed E-state index contributed by atoms with van der Waals surface area (Å²) in [7, 11) is 0. The molecule has 2 aromatic rings. The Bertz CT molecular complexity index is 1070. The number of carbonyl (C=O) groups is 2. The van der Waals surface area contributed by atoms with Crippen molar-refractivity contribution >= 4 is 34.5 Å². The number of ether oxygens (including phenoxy) is 1. The molecule has 4 rings (SSSR count). The highest BCUT2D eigenvalue weighted by Crippen LogP contribution is 2.36. The fourth-order valence-electron chi connectivity index (χ4n) is 4.45. The number of fused-ring (bicyclic) bond motifs is 2. The van der Waals surface area contributed by atoms with E-state index in [1.54, 1.807) is 15.9 Å². The smallest absolute Gasteiger partial charge is 0.409 e. The van der Waals surface area contributed by atoms with Crippen LogP contribution in [0.15, 0.2) is 18.2 Å². The normalized spacial score (nSPS) is 18.2. The third-order valence-corrected chi connectivity index (χ3v) is 6.70. The number of rotatable bonds is 4. The first kappa shape index (κ1) is 22.3. The van der Waals surface area contributed by atoms with Gasteiger partial charge in [0.05, 0.1) is 23.2 Å². The Kier molecular flexibility index (Phi) is 6.80. The number of pyridine rings is 1. The Morgan fingerprint density at radius 1 is 1.25 bits per heavy atom. The van der Waals surface area contributed by atoms with Crippen LogP contribution in [-0.2, 0) is 17.6 Å². The Balaban J connectivity index is 1.49. The van der Waals surface area contributed by atoms with E-state index in [9.17, 15) is 9.59 Å². The summed E-state index contributed by atoms with van der Waals surface area (Å²) in [6.07, 6.45) is 3.50. The molecule has 0 radical (unpaired) electrons. The van der Waals surface area contributed by atoms with E-state index in [0.29, 0.717) is 55.7 Å². The second-order valence-electron chi connectivity index (χ2n) is 8.45. The van der Waals surface area contributed by atoms with E-state index in [2.05, 4.69) is 6.07 Å². The Hall–Kier alpha value is -2.85. The summed E-state index contributed by atoms with van der Waals surface area (Å²) >= 11 is 6.72. The molecule has 8 heteroatoms. The van der Waals surface area contributed by atoms with Crippen LogP contribution in [0.3, 0.4) is 0 Å². The van der Waals surface area contributed by atoms with Gasteiger partial charge >= 0.3 is 6.09 Å². The van der Waals surface area contributed by atoms with Crippen molar-refractivity contribution in [1.29, 1.82) is 5.26 Å². The van der Waals surface area contributed by atoms with Gasteiger partial charge in [-0.3, -0.25) is 9.78 Å². The summed E-state index contributed by atoms with van der Waals surface area (Å²) < 4.78 is 5.18. The molecule has 1 fully saturated rings. The van der Waals surface area contributed by atoms with E-state index in [4.69, 9.17) is 26.6 Å². The minimum absolute atomic E-state index is 0.0711. The number of hydrogen-bond acceptors (Lipinski definition) is 5. The number of benzene rings is 1. The van der Waals surface area contributed by atoms with Crippen LogP contribution in [-0.4, -0.2) is 59.6 Å². The highest BCUT2D eigenvalue weighted by atomic mass is 35.5. The summed E-state index contributed by atoms with van der Waals surface area (Å²) in [5, 5.41) is 10.5. The van der Waals surface area contributed by atoms with Crippen LogP contribution < -0.4 is 0 Å². The van der Waals surface area contributed by atoms with Crippen molar-refractivity contribution in [2.24, 2.45) is 5.92 Å². The number of nitriles is 1. The molecule has 0 bridgehead atoms. The first-order valence-corrected chi connectivity index (χ1v) is 11.6. The summed E-state index contributed by atoms with van der Waals surface area (Å²) in [6.45, 7) is 4.23. The number of carbonyl (C=O) groups excluding carboxylic acids is 2. The molecule has 1 aromatic carbocycles. The lowest BCUT2D eigenvalue weighted by molar-refractivity contribution is 0.0560.